The third kappa shape index (κ3) is 3.74. The lowest BCUT2D eigenvalue weighted by Gasteiger charge is -2.27. The molecule has 9 heteroatoms. The van der Waals surface area contributed by atoms with Crippen LogP contribution in [0.1, 0.15) is 12.6 Å². The fourth-order valence-corrected chi connectivity index (χ4v) is 5.22. The summed E-state index contributed by atoms with van der Waals surface area (Å²) in [6.07, 6.45) is 0. The van der Waals surface area contributed by atoms with Gasteiger partial charge in [-0.25, -0.2) is 4.98 Å². The number of aromatic nitrogens is 4. The lowest BCUT2D eigenvalue weighted by molar-refractivity contribution is 0.121. The monoisotopic (exact) mass is 393 g/mol. The van der Waals surface area contributed by atoms with E-state index in [1.54, 1.807) is 34.4 Å². The number of rotatable bonds is 6. The van der Waals surface area contributed by atoms with Crippen molar-refractivity contribution in [3.63, 3.8) is 0 Å². The number of thiophene rings is 1. The lowest BCUT2D eigenvalue weighted by atomic mass is 10.4. The summed E-state index contributed by atoms with van der Waals surface area (Å²) in [5.74, 6) is 1.76. The second-order valence-corrected chi connectivity index (χ2v) is 8.15. The summed E-state index contributed by atoms with van der Waals surface area (Å²) in [7, 11) is 0. The maximum Gasteiger partial charge on any atom is 0.228 e. The highest BCUT2D eigenvalue weighted by Crippen LogP contribution is 2.29. The molecular weight excluding hydrogens is 374 g/mol. The predicted molar refractivity (Wildman–Crippen MR) is 104 cm³/mol. The number of thiazole rings is 1. The topological polar surface area (TPSA) is 56.1 Å². The highest BCUT2D eigenvalue weighted by Gasteiger charge is 2.20. The Kier molecular flexibility index (Phi) is 5.35. The third-order valence-electron chi connectivity index (χ3n) is 3.98. The molecule has 0 aromatic carbocycles. The Morgan fingerprint density at radius 1 is 1.24 bits per heavy atom. The average molecular weight is 394 g/mol. The molecule has 4 rings (SSSR count). The molecule has 0 aliphatic carbocycles. The maximum atomic E-state index is 5.43. The zero-order valence-corrected chi connectivity index (χ0v) is 16.4. The molecule has 0 amide bonds. The van der Waals surface area contributed by atoms with Crippen LogP contribution in [0.4, 0.5) is 5.95 Å². The lowest BCUT2D eigenvalue weighted by Crippen LogP contribution is -2.38. The van der Waals surface area contributed by atoms with Crippen LogP contribution in [0.3, 0.4) is 0 Å². The zero-order valence-electron chi connectivity index (χ0n) is 13.9. The van der Waals surface area contributed by atoms with Crippen LogP contribution in [0.15, 0.2) is 27.4 Å². The molecule has 0 atom stereocenters. The molecular formula is C16H19N5OS3. The molecule has 3 aromatic heterocycles. The molecule has 25 heavy (non-hydrogen) atoms. The SMILES string of the molecule is CCn1c(SCc2csc(-c3ccsc3)n2)nnc1N1CCOCC1. The molecule has 0 radical (unpaired) electrons. The molecule has 1 saturated heterocycles. The Morgan fingerprint density at radius 2 is 2.12 bits per heavy atom. The maximum absolute atomic E-state index is 5.43. The summed E-state index contributed by atoms with van der Waals surface area (Å²) in [5.41, 5.74) is 2.30. The van der Waals surface area contributed by atoms with Gasteiger partial charge >= 0.3 is 0 Å². The number of morpholine rings is 1. The highest BCUT2D eigenvalue weighted by atomic mass is 32.2. The van der Waals surface area contributed by atoms with Gasteiger partial charge in [0.15, 0.2) is 5.16 Å². The molecule has 132 valence electrons. The summed E-state index contributed by atoms with van der Waals surface area (Å²) in [4.78, 5) is 6.99. The van der Waals surface area contributed by atoms with Crippen molar-refractivity contribution < 1.29 is 4.74 Å². The Balaban J connectivity index is 1.45. The molecule has 1 aliphatic heterocycles. The van der Waals surface area contributed by atoms with E-state index in [0.29, 0.717) is 0 Å². The standard InChI is InChI=1S/C16H19N5OS3/c1-2-21-15(20-4-6-22-7-5-20)18-19-16(21)25-11-13-10-24-14(17-13)12-3-8-23-9-12/h3,8-10H,2,4-7,11H2,1H3. The highest BCUT2D eigenvalue weighted by molar-refractivity contribution is 7.98. The fraction of sp³-hybridized carbons (Fsp3) is 0.438. The van der Waals surface area contributed by atoms with Crippen LogP contribution in [0.25, 0.3) is 10.6 Å². The molecule has 0 N–H and O–H groups in total. The Morgan fingerprint density at radius 3 is 2.88 bits per heavy atom. The Bertz CT molecular complexity index is 808. The zero-order chi connectivity index (χ0) is 17.1. The van der Waals surface area contributed by atoms with Crippen LogP contribution < -0.4 is 4.90 Å². The summed E-state index contributed by atoms with van der Waals surface area (Å²) in [5, 5.41) is 17.2. The molecule has 0 bridgehead atoms. The quantitative estimate of drug-likeness (QED) is 0.596. The summed E-state index contributed by atoms with van der Waals surface area (Å²) in [6, 6.07) is 2.11. The van der Waals surface area contributed by atoms with Gasteiger partial charge in [-0.3, -0.25) is 4.57 Å². The largest absolute Gasteiger partial charge is 0.378 e. The predicted octanol–water partition coefficient (Wildman–Crippen LogP) is 3.61. The van der Waals surface area contributed by atoms with Gasteiger partial charge in [0.1, 0.15) is 5.01 Å². The van der Waals surface area contributed by atoms with Crippen molar-refractivity contribution in [1.29, 1.82) is 0 Å². The molecule has 1 fully saturated rings. The van der Waals surface area contributed by atoms with Gasteiger partial charge in [0.25, 0.3) is 0 Å². The van der Waals surface area contributed by atoms with Crippen molar-refractivity contribution in [3.05, 3.63) is 27.9 Å². The van der Waals surface area contributed by atoms with E-state index in [1.807, 2.05) is 0 Å². The van der Waals surface area contributed by atoms with Crippen LogP contribution in [-0.4, -0.2) is 46.1 Å². The first-order chi connectivity index (χ1) is 12.3. The number of thioether (sulfide) groups is 1. The van der Waals surface area contributed by atoms with Crippen LogP contribution in [-0.2, 0) is 17.0 Å². The van der Waals surface area contributed by atoms with Crippen molar-refractivity contribution in [3.8, 4) is 10.6 Å². The molecule has 1 aliphatic rings. The van der Waals surface area contributed by atoms with Gasteiger partial charge in [-0.15, -0.1) is 21.5 Å². The van der Waals surface area contributed by atoms with E-state index >= 15 is 0 Å². The van der Waals surface area contributed by atoms with Gasteiger partial charge in [0.2, 0.25) is 5.95 Å². The van der Waals surface area contributed by atoms with E-state index in [4.69, 9.17) is 9.72 Å². The van der Waals surface area contributed by atoms with Crippen LogP contribution >= 0.6 is 34.4 Å². The summed E-state index contributed by atoms with van der Waals surface area (Å²) < 4.78 is 7.61. The van der Waals surface area contributed by atoms with Crippen LogP contribution in [0, 0.1) is 0 Å². The van der Waals surface area contributed by atoms with Crippen molar-refractivity contribution in [2.24, 2.45) is 0 Å². The number of anilines is 1. The van der Waals surface area contributed by atoms with E-state index in [-0.39, 0.29) is 0 Å². The summed E-state index contributed by atoms with van der Waals surface area (Å²) >= 11 is 5.10. The van der Waals surface area contributed by atoms with Crippen LogP contribution in [0.5, 0.6) is 0 Å². The molecule has 3 aromatic rings. The first kappa shape index (κ1) is 17.0. The second-order valence-electron chi connectivity index (χ2n) is 5.57. The summed E-state index contributed by atoms with van der Waals surface area (Å²) in [6.45, 7) is 6.25. The third-order valence-corrected chi connectivity index (χ3v) is 6.60. The van der Waals surface area contributed by atoms with E-state index in [1.165, 1.54) is 5.56 Å². The van der Waals surface area contributed by atoms with Gasteiger partial charge in [-0.05, 0) is 18.4 Å². The molecule has 6 nitrogen and oxygen atoms in total. The Labute approximate surface area is 158 Å². The minimum absolute atomic E-state index is 0.753. The number of ether oxygens (including phenoxy) is 1. The molecule has 0 spiro atoms. The average Bonchev–Trinajstić information content (AvgIpc) is 3.39. The van der Waals surface area contributed by atoms with Gasteiger partial charge in [0, 0.05) is 41.7 Å². The first-order valence-corrected chi connectivity index (χ1v) is 11.0. The minimum Gasteiger partial charge on any atom is -0.378 e. The normalized spacial score (nSPS) is 15.0. The second kappa shape index (κ2) is 7.86. The van der Waals surface area contributed by atoms with E-state index in [0.717, 1.165) is 60.4 Å². The van der Waals surface area contributed by atoms with Gasteiger partial charge in [-0.2, -0.15) is 11.3 Å². The van der Waals surface area contributed by atoms with Crippen molar-refractivity contribution in [1.82, 2.24) is 19.7 Å². The minimum atomic E-state index is 0.753. The Hall–Kier alpha value is -1.42. The van der Waals surface area contributed by atoms with Gasteiger partial charge in [-0.1, -0.05) is 11.8 Å². The number of hydrogen-bond donors (Lipinski definition) is 0. The van der Waals surface area contributed by atoms with Crippen LogP contribution in [0.2, 0.25) is 0 Å². The number of nitrogens with zero attached hydrogens (tertiary/aromatic N) is 5. The molecule has 0 unspecified atom stereocenters. The van der Waals surface area contributed by atoms with E-state index in [2.05, 4.69) is 48.8 Å². The van der Waals surface area contributed by atoms with Crippen molar-refractivity contribution in [2.75, 3.05) is 31.2 Å². The number of hydrogen-bond acceptors (Lipinski definition) is 8. The fourth-order valence-electron chi connectivity index (χ4n) is 2.69. The van der Waals surface area contributed by atoms with Gasteiger partial charge in [0.05, 0.1) is 18.9 Å². The molecule has 0 saturated carbocycles. The van der Waals surface area contributed by atoms with E-state index in [9.17, 15) is 0 Å². The molecule has 4 heterocycles. The first-order valence-electron chi connectivity index (χ1n) is 8.21. The smallest absolute Gasteiger partial charge is 0.228 e. The van der Waals surface area contributed by atoms with Crippen molar-refractivity contribution in [2.45, 2.75) is 24.4 Å². The van der Waals surface area contributed by atoms with Crippen molar-refractivity contribution >= 4 is 40.4 Å². The van der Waals surface area contributed by atoms with E-state index < -0.39 is 0 Å². The van der Waals surface area contributed by atoms with Gasteiger partial charge < -0.3 is 9.64 Å².